The zero-order valence-electron chi connectivity index (χ0n) is 29.7. The number of nitrogens with zero attached hydrogens (tertiary/aromatic N) is 2. The van der Waals surface area contributed by atoms with Gasteiger partial charge in [0.05, 0.1) is 37.1 Å². The molecule has 3 atom stereocenters. The van der Waals surface area contributed by atoms with Gasteiger partial charge in [-0.2, -0.15) is 0 Å². The Morgan fingerprint density at radius 3 is 2.04 bits per heavy atom. The highest BCUT2D eigenvalue weighted by molar-refractivity contribution is 6.32. The molecule has 2 heterocycles. The van der Waals surface area contributed by atoms with Crippen molar-refractivity contribution in [2.24, 2.45) is 0 Å². The van der Waals surface area contributed by atoms with E-state index < -0.39 is 18.6 Å². The van der Waals surface area contributed by atoms with Crippen molar-refractivity contribution in [2.45, 2.75) is 70.9 Å². The van der Waals surface area contributed by atoms with E-state index in [0.29, 0.717) is 41.8 Å². The van der Waals surface area contributed by atoms with Crippen molar-refractivity contribution in [1.82, 2.24) is 15.1 Å². The summed E-state index contributed by atoms with van der Waals surface area (Å²) < 4.78 is 18.7. The van der Waals surface area contributed by atoms with Crippen LogP contribution in [-0.4, -0.2) is 114 Å². The summed E-state index contributed by atoms with van der Waals surface area (Å²) >= 11 is 6.71. The van der Waals surface area contributed by atoms with Gasteiger partial charge >= 0.3 is 5.97 Å². The molecular formula is C39H52ClN3O8. The van der Waals surface area contributed by atoms with Gasteiger partial charge in [0.2, 0.25) is 0 Å². The fourth-order valence-electron chi connectivity index (χ4n) is 6.74. The van der Waals surface area contributed by atoms with E-state index in [1.54, 1.807) is 12.1 Å². The van der Waals surface area contributed by atoms with Crippen LogP contribution < -0.4 is 19.5 Å². The summed E-state index contributed by atoms with van der Waals surface area (Å²) in [7, 11) is 0. The number of rotatable bonds is 19. The lowest BCUT2D eigenvalue weighted by atomic mass is 9.93. The fourth-order valence-corrected chi connectivity index (χ4v) is 6.98. The molecule has 3 aromatic carbocycles. The van der Waals surface area contributed by atoms with E-state index in [1.165, 1.54) is 0 Å². The summed E-state index contributed by atoms with van der Waals surface area (Å²) in [6.07, 6.45) is 2.76. The number of carbonyl (C=O) groups is 1. The van der Waals surface area contributed by atoms with Crippen molar-refractivity contribution >= 4 is 17.6 Å². The Bertz CT molecular complexity index is 1610. The average molecular weight is 726 g/mol. The lowest BCUT2D eigenvalue weighted by Gasteiger charge is -2.19. The quantitative estimate of drug-likeness (QED) is 0.112. The van der Waals surface area contributed by atoms with Gasteiger partial charge in [-0.15, -0.1) is 0 Å². The van der Waals surface area contributed by atoms with E-state index in [4.69, 9.17) is 25.8 Å². The van der Waals surface area contributed by atoms with E-state index in [-0.39, 0.29) is 25.4 Å². The number of hydrogen-bond donors (Lipinski definition) is 5. The molecule has 0 aromatic heterocycles. The molecule has 0 saturated carbocycles. The predicted molar refractivity (Wildman–Crippen MR) is 197 cm³/mol. The molecule has 5 rings (SSSR count). The van der Waals surface area contributed by atoms with Crippen LogP contribution in [0.4, 0.5) is 0 Å². The summed E-state index contributed by atoms with van der Waals surface area (Å²) in [5, 5.41) is 41.7. The fraction of sp³-hybridized carbons (Fsp3) is 0.513. The highest BCUT2D eigenvalue weighted by atomic mass is 35.5. The molecule has 51 heavy (non-hydrogen) atoms. The summed E-state index contributed by atoms with van der Waals surface area (Å²) in [6, 6.07) is 14.6. The van der Waals surface area contributed by atoms with E-state index in [1.807, 2.05) is 24.3 Å². The van der Waals surface area contributed by atoms with Crippen molar-refractivity contribution in [1.29, 1.82) is 0 Å². The van der Waals surface area contributed by atoms with Crippen LogP contribution in [-0.2, 0) is 17.9 Å². The molecule has 0 spiro atoms. The van der Waals surface area contributed by atoms with Crippen LogP contribution in [0.5, 0.6) is 17.2 Å². The normalized spacial score (nSPS) is 18.6. The van der Waals surface area contributed by atoms with Gasteiger partial charge in [-0.25, -0.2) is 0 Å². The molecule has 278 valence electrons. The summed E-state index contributed by atoms with van der Waals surface area (Å²) in [5.41, 5.74) is 5.96. The largest absolute Gasteiger partial charge is 0.493 e. The summed E-state index contributed by atoms with van der Waals surface area (Å²) in [5.74, 6) is 0.660. The Morgan fingerprint density at radius 2 is 1.45 bits per heavy atom. The Morgan fingerprint density at radius 1 is 0.843 bits per heavy atom. The van der Waals surface area contributed by atoms with Crippen LogP contribution in [0, 0.1) is 13.8 Å². The molecule has 2 saturated heterocycles. The molecule has 2 aliphatic rings. The first-order valence-corrected chi connectivity index (χ1v) is 18.3. The van der Waals surface area contributed by atoms with Crippen molar-refractivity contribution in [3.8, 4) is 28.4 Å². The summed E-state index contributed by atoms with van der Waals surface area (Å²) in [6.45, 7) is 9.91. The molecule has 0 aliphatic carbocycles. The van der Waals surface area contributed by atoms with Crippen molar-refractivity contribution in [3.63, 3.8) is 0 Å². The average Bonchev–Trinajstić information content (AvgIpc) is 3.73. The number of nitrogens with one attached hydrogen (secondary N) is 1. The Balaban J connectivity index is 1.25. The van der Waals surface area contributed by atoms with Crippen LogP contribution in [0.25, 0.3) is 11.1 Å². The number of halogens is 1. The number of carboxylic acid groups (broad SMARTS) is 1. The molecule has 0 amide bonds. The number of likely N-dealkylation sites (tertiary alicyclic amines) is 2. The van der Waals surface area contributed by atoms with Gasteiger partial charge in [-0.05, 0) is 79.5 Å². The maximum atomic E-state index is 11.5. The van der Waals surface area contributed by atoms with E-state index in [0.717, 1.165) is 92.0 Å². The van der Waals surface area contributed by atoms with Crippen LogP contribution in [0.1, 0.15) is 47.9 Å². The Labute approximate surface area is 305 Å². The first kappa shape index (κ1) is 38.8. The minimum atomic E-state index is -1.15. The van der Waals surface area contributed by atoms with Gasteiger partial charge in [0.15, 0.2) is 0 Å². The third-order valence-corrected chi connectivity index (χ3v) is 10.1. The number of benzene rings is 3. The third-order valence-electron chi connectivity index (χ3n) is 9.79. The van der Waals surface area contributed by atoms with Gasteiger partial charge < -0.3 is 44.4 Å². The second kappa shape index (κ2) is 18.9. The van der Waals surface area contributed by atoms with Crippen LogP contribution in [0.3, 0.4) is 0 Å². The van der Waals surface area contributed by atoms with Crippen molar-refractivity contribution in [2.75, 3.05) is 59.1 Å². The number of aliphatic hydroxyl groups is 3. The van der Waals surface area contributed by atoms with E-state index >= 15 is 0 Å². The van der Waals surface area contributed by atoms with Gasteiger partial charge in [-0.3, -0.25) is 10.1 Å². The second-order valence-corrected chi connectivity index (χ2v) is 13.9. The molecule has 2 fully saturated rings. The maximum Gasteiger partial charge on any atom is 0.323 e. The smallest absolute Gasteiger partial charge is 0.323 e. The summed E-state index contributed by atoms with van der Waals surface area (Å²) in [4.78, 5) is 16.0. The number of aliphatic hydroxyl groups excluding tert-OH is 3. The number of β-amino-alcohol motifs (C(OH)–C–C–N with tert-alkyl or cyclic N) is 2. The topological polar surface area (TPSA) is 144 Å². The van der Waals surface area contributed by atoms with Crippen LogP contribution in [0.15, 0.2) is 48.5 Å². The molecule has 0 radical (unpaired) electrons. The van der Waals surface area contributed by atoms with E-state index in [9.17, 15) is 25.2 Å². The number of ether oxygens (including phenoxy) is 3. The first-order valence-electron chi connectivity index (χ1n) is 17.9. The second-order valence-electron chi connectivity index (χ2n) is 13.5. The maximum absolute atomic E-state index is 11.5. The zero-order valence-corrected chi connectivity index (χ0v) is 30.4. The van der Waals surface area contributed by atoms with Crippen molar-refractivity contribution < 1.29 is 39.4 Å². The molecule has 5 N–H and O–H groups in total. The Kier molecular flexibility index (Phi) is 14.4. The molecular weight excluding hydrogens is 674 g/mol. The van der Waals surface area contributed by atoms with Gasteiger partial charge in [0.25, 0.3) is 0 Å². The van der Waals surface area contributed by atoms with Gasteiger partial charge in [0, 0.05) is 57.4 Å². The minimum absolute atomic E-state index is 0.122. The molecule has 2 aliphatic heterocycles. The predicted octanol–water partition coefficient (Wildman–Crippen LogP) is 4.41. The SMILES string of the molecule is Cc1c(COc2cc(OCCCN3CCC(O)C3)c(CN[C@@H](CO)C(=O)O)cc2Cl)cccc1-c1cccc(OCCCN2CCC(O)C2)c1C. The lowest BCUT2D eigenvalue weighted by Crippen LogP contribution is -2.39. The molecule has 11 nitrogen and oxygen atoms in total. The molecule has 2 unspecified atom stereocenters. The number of hydrogen-bond acceptors (Lipinski definition) is 10. The monoisotopic (exact) mass is 725 g/mol. The first-order chi connectivity index (χ1) is 24.6. The minimum Gasteiger partial charge on any atom is -0.493 e. The highest BCUT2D eigenvalue weighted by Crippen LogP contribution is 2.36. The zero-order chi connectivity index (χ0) is 36.3. The highest BCUT2D eigenvalue weighted by Gasteiger charge is 2.22. The Hall–Kier alpha value is -3.42. The van der Waals surface area contributed by atoms with Crippen LogP contribution in [0.2, 0.25) is 5.02 Å². The van der Waals surface area contributed by atoms with Gasteiger partial charge in [-0.1, -0.05) is 41.9 Å². The third kappa shape index (κ3) is 10.8. The molecule has 12 heteroatoms. The number of aliphatic carboxylic acids is 1. The van der Waals surface area contributed by atoms with Crippen LogP contribution >= 0.6 is 11.6 Å². The van der Waals surface area contributed by atoms with E-state index in [2.05, 4.69) is 41.1 Å². The molecule has 0 bridgehead atoms. The standard InChI is InChI=1S/C39H52ClN3O8/c1-26-28(7-3-8-32(26)33-9-4-10-36(27(33)2)49-17-5-13-42-15-11-30(45)22-42)25-51-38-20-37(50-18-6-14-43-16-12-31(46)23-43)29(19-34(38)40)21-41-35(24-44)39(47)48/h3-4,7-10,19-20,30-31,35,41,44-46H,5-6,11-18,21-25H2,1-2H3,(H,47,48)/t30?,31?,35-/m0/s1. The van der Waals surface area contributed by atoms with Gasteiger partial charge in [0.1, 0.15) is 29.9 Å². The van der Waals surface area contributed by atoms with Crippen molar-refractivity contribution in [3.05, 3.63) is 75.8 Å². The lowest BCUT2D eigenvalue weighted by molar-refractivity contribution is -0.140. The number of carboxylic acids is 1. The molecule has 3 aromatic rings.